The third kappa shape index (κ3) is 4.07. The first kappa shape index (κ1) is 19.3. The summed E-state index contributed by atoms with van der Waals surface area (Å²) in [6, 6.07) is 9.21. The highest BCUT2D eigenvalue weighted by atomic mass is 32.1. The molecule has 7 nitrogen and oxygen atoms in total. The van der Waals surface area contributed by atoms with Crippen LogP contribution in [0.15, 0.2) is 36.5 Å². The Hall–Kier alpha value is -3.00. The topological polar surface area (TPSA) is 101 Å². The van der Waals surface area contributed by atoms with Crippen LogP contribution in [-0.4, -0.2) is 33.2 Å². The molecule has 1 aliphatic rings. The molecule has 0 spiro atoms. The molecular formula is C21H23N5O2S. The molecule has 29 heavy (non-hydrogen) atoms. The average molecular weight is 410 g/mol. The zero-order valence-corrected chi connectivity index (χ0v) is 17.2. The summed E-state index contributed by atoms with van der Waals surface area (Å²) < 4.78 is 1.13. The smallest absolute Gasteiger partial charge is 0.313 e. The van der Waals surface area contributed by atoms with Gasteiger partial charge in [-0.15, -0.1) is 11.3 Å². The summed E-state index contributed by atoms with van der Waals surface area (Å²) in [7, 11) is 0. The minimum atomic E-state index is -0.666. The van der Waals surface area contributed by atoms with E-state index >= 15 is 0 Å². The minimum Gasteiger partial charge on any atom is -0.384 e. The van der Waals surface area contributed by atoms with Crippen LogP contribution in [0.4, 0.5) is 11.5 Å². The second-order valence-corrected chi connectivity index (χ2v) is 8.78. The highest BCUT2D eigenvalue weighted by molar-refractivity contribution is 7.18. The van der Waals surface area contributed by atoms with Gasteiger partial charge in [0.25, 0.3) is 0 Å². The number of thiazole rings is 1. The molecule has 1 aliphatic heterocycles. The van der Waals surface area contributed by atoms with Gasteiger partial charge in [0, 0.05) is 6.54 Å². The molecule has 0 saturated carbocycles. The number of anilines is 2. The summed E-state index contributed by atoms with van der Waals surface area (Å²) >= 11 is 1.65. The number of hydrogen-bond donors (Lipinski definition) is 2. The maximum Gasteiger partial charge on any atom is 0.313 e. The normalized spacial score (nSPS) is 19.3. The molecule has 2 atom stereocenters. The van der Waals surface area contributed by atoms with Gasteiger partial charge in [-0.3, -0.25) is 9.59 Å². The van der Waals surface area contributed by atoms with Gasteiger partial charge in [0.1, 0.15) is 5.82 Å². The predicted molar refractivity (Wildman–Crippen MR) is 114 cm³/mol. The number of carbonyl (C=O) groups is 2. The molecule has 3 heterocycles. The van der Waals surface area contributed by atoms with Gasteiger partial charge in [-0.2, -0.15) is 0 Å². The van der Waals surface area contributed by atoms with E-state index in [-0.39, 0.29) is 6.04 Å². The first-order valence-electron chi connectivity index (χ1n) is 9.61. The number of carbonyl (C=O) groups excluding carboxylic acids is 2. The fourth-order valence-electron chi connectivity index (χ4n) is 3.78. The average Bonchev–Trinajstić information content (AvgIpc) is 3.08. The largest absolute Gasteiger partial charge is 0.384 e. The zero-order valence-electron chi connectivity index (χ0n) is 16.4. The van der Waals surface area contributed by atoms with Gasteiger partial charge >= 0.3 is 11.8 Å². The number of pyridine rings is 1. The molecule has 0 radical (unpaired) electrons. The molecule has 150 valence electrons. The highest BCUT2D eigenvalue weighted by Crippen LogP contribution is 2.35. The van der Waals surface area contributed by atoms with Crippen molar-refractivity contribution in [1.29, 1.82) is 0 Å². The fourth-order valence-corrected chi connectivity index (χ4v) is 4.59. The summed E-state index contributed by atoms with van der Waals surface area (Å²) in [6.45, 7) is 4.63. The van der Waals surface area contributed by atoms with Crippen molar-refractivity contribution in [2.24, 2.45) is 5.92 Å². The molecule has 0 unspecified atom stereocenters. The van der Waals surface area contributed by atoms with Gasteiger partial charge in [0.2, 0.25) is 0 Å². The molecular weight excluding hydrogens is 386 g/mol. The standard InChI is InChI=1S/C21H23N5O2S/c1-12-3-6-17(14-4-7-18-16(9-14)24-13(2)29-18)26(11-12)21(28)20(27)25-15-5-8-19(22)23-10-15/h4-5,7-10,12,17H,3,6,11H2,1-2H3,(H2,22,23)(H,25,27)/t12-,17+/m1/s1. The summed E-state index contributed by atoms with van der Waals surface area (Å²) in [6.07, 6.45) is 3.26. The molecule has 1 saturated heterocycles. The van der Waals surface area contributed by atoms with Gasteiger partial charge in [-0.05, 0) is 55.5 Å². The van der Waals surface area contributed by atoms with Crippen molar-refractivity contribution >= 4 is 44.9 Å². The van der Waals surface area contributed by atoms with Gasteiger partial charge in [-0.25, -0.2) is 9.97 Å². The molecule has 0 aliphatic carbocycles. The molecule has 2 amide bonds. The summed E-state index contributed by atoms with van der Waals surface area (Å²) in [4.78, 5) is 35.8. The Morgan fingerprint density at radius 2 is 2.07 bits per heavy atom. The van der Waals surface area contributed by atoms with E-state index in [9.17, 15) is 9.59 Å². The summed E-state index contributed by atoms with van der Waals surface area (Å²) in [5.74, 6) is -0.507. The Balaban J connectivity index is 1.58. The van der Waals surface area contributed by atoms with E-state index in [0.717, 1.165) is 33.6 Å². The lowest BCUT2D eigenvalue weighted by atomic mass is 9.89. The number of aryl methyl sites for hydroxylation is 1. The summed E-state index contributed by atoms with van der Waals surface area (Å²) in [5, 5.41) is 3.64. The van der Waals surface area contributed by atoms with E-state index in [1.54, 1.807) is 28.4 Å². The van der Waals surface area contributed by atoms with Crippen molar-refractivity contribution < 1.29 is 9.59 Å². The number of likely N-dealkylation sites (tertiary alicyclic amines) is 1. The molecule has 0 bridgehead atoms. The number of rotatable bonds is 2. The number of piperidine rings is 1. The van der Waals surface area contributed by atoms with Crippen LogP contribution in [0.25, 0.3) is 10.2 Å². The van der Waals surface area contributed by atoms with Crippen LogP contribution in [-0.2, 0) is 9.59 Å². The second-order valence-electron chi connectivity index (χ2n) is 7.54. The Bertz CT molecular complexity index is 1060. The number of hydrogen-bond acceptors (Lipinski definition) is 6. The number of nitrogens with zero attached hydrogens (tertiary/aromatic N) is 3. The van der Waals surface area contributed by atoms with E-state index < -0.39 is 11.8 Å². The first-order valence-corrected chi connectivity index (χ1v) is 10.4. The first-order chi connectivity index (χ1) is 13.9. The monoisotopic (exact) mass is 409 g/mol. The Kier molecular flexibility index (Phi) is 5.19. The van der Waals surface area contributed by atoms with Crippen LogP contribution in [0.5, 0.6) is 0 Å². The van der Waals surface area contributed by atoms with Crippen molar-refractivity contribution in [2.75, 3.05) is 17.6 Å². The van der Waals surface area contributed by atoms with Crippen LogP contribution in [0.1, 0.15) is 36.4 Å². The molecule has 8 heteroatoms. The molecule has 2 aromatic heterocycles. The SMILES string of the molecule is Cc1nc2cc([C@@H]3CC[C@@H](C)CN3C(=O)C(=O)Nc3ccc(N)nc3)ccc2s1. The minimum absolute atomic E-state index is 0.139. The lowest BCUT2D eigenvalue weighted by Gasteiger charge is -2.38. The third-order valence-corrected chi connectivity index (χ3v) is 6.17. The van der Waals surface area contributed by atoms with Crippen molar-refractivity contribution in [2.45, 2.75) is 32.7 Å². The quantitative estimate of drug-likeness (QED) is 0.631. The Labute approximate surface area is 173 Å². The van der Waals surface area contributed by atoms with Gasteiger partial charge in [-0.1, -0.05) is 13.0 Å². The van der Waals surface area contributed by atoms with E-state index in [4.69, 9.17) is 5.73 Å². The number of nitrogens with two attached hydrogens (primary N) is 1. The third-order valence-electron chi connectivity index (χ3n) is 5.22. The molecule has 3 aromatic rings. The van der Waals surface area contributed by atoms with Crippen molar-refractivity contribution in [3.63, 3.8) is 0 Å². The maximum absolute atomic E-state index is 13.0. The number of fused-ring (bicyclic) bond motifs is 1. The number of aromatic nitrogens is 2. The fraction of sp³-hybridized carbons (Fsp3) is 0.333. The lowest BCUT2D eigenvalue weighted by molar-refractivity contribution is -0.146. The summed E-state index contributed by atoms with van der Waals surface area (Å²) in [5.41, 5.74) is 7.97. The van der Waals surface area contributed by atoms with E-state index in [1.165, 1.54) is 6.20 Å². The molecule has 1 aromatic carbocycles. The highest BCUT2D eigenvalue weighted by Gasteiger charge is 2.34. The van der Waals surface area contributed by atoms with Crippen LogP contribution < -0.4 is 11.1 Å². The number of benzene rings is 1. The second kappa shape index (κ2) is 7.79. The van der Waals surface area contributed by atoms with E-state index in [0.29, 0.717) is 24.0 Å². The van der Waals surface area contributed by atoms with Crippen molar-refractivity contribution in [3.05, 3.63) is 47.1 Å². The van der Waals surface area contributed by atoms with E-state index in [1.807, 2.05) is 19.1 Å². The van der Waals surface area contributed by atoms with Crippen LogP contribution in [0.3, 0.4) is 0 Å². The van der Waals surface area contributed by atoms with Crippen LogP contribution in [0, 0.1) is 12.8 Å². The van der Waals surface area contributed by atoms with Gasteiger partial charge in [0.05, 0.1) is 33.2 Å². The van der Waals surface area contributed by atoms with Crippen LogP contribution >= 0.6 is 11.3 Å². The lowest BCUT2D eigenvalue weighted by Crippen LogP contribution is -2.46. The maximum atomic E-state index is 13.0. The number of nitrogen functional groups attached to an aromatic ring is 1. The van der Waals surface area contributed by atoms with Crippen LogP contribution in [0.2, 0.25) is 0 Å². The van der Waals surface area contributed by atoms with Gasteiger partial charge in [0.15, 0.2) is 0 Å². The molecule has 1 fully saturated rings. The molecule has 3 N–H and O–H groups in total. The predicted octanol–water partition coefficient (Wildman–Crippen LogP) is 3.52. The molecule has 4 rings (SSSR count). The van der Waals surface area contributed by atoms with Gasteiger partial charge < -0.3 is 16.0 Å². The Morgan fingerprint density at radius 1 is 1.24 bits per heavy atom. The van der Waals surface area contributed by atoms with Crippen molar-refractivity contribution in [3.8, 4) is 0 Å². The van der Waals surface area contributed by atoms with Crippen molar-refractivity contribution in [1.82, 2.24) is 14.9 Å². The number of nitrogens with one attached hydrogen (secondary N) is 1. The zero-order chi connectivity index (χ0) is 20.5. The number of amides is 2. The Morgan fingerprint density at radius 3 is 2.83 bits per heavy atom. The van der Waals surface area contributed by atoms with E-state index in [2.05, 4.69) is 28.3 Å².